The van der Waals surface area contributed by atoms with E-state index in [1.807, 2.05) is 13.8 Å². The summed E-state index contributed by atoms with van der Waals surface area (Å²) in [6.45, 7) is 4.64. The highest BCUT2D eigenvalue weighted by molar-refractivity contribution is 9.10. The molecule has 0 aliphatic carbocycles. The monoisotopic (exact) mass is 302 g/mol. The average Bonchev–Trinajstić information content (AvgIpc) is 2.04. The molecule has 0 aliphatic rings. The van der Waals surface area contributed by atoms with Crippen LogP contribution in [0.25, 0.3) is 0 Å². The second kappa shape index (κ2) is 7.00. The van der Waals surface area contributed by atoms with Crippen molar-refractivity contribution in [3.63, 3.8) is 0 Å². The Morgan fingerprint density at radius 1 is 1.17 bits per heavy atom. The number of carbonyl (C=O) groups is 1. The van der Waals surface area contributed by atoms with Crippen LogP contribution in [0.2, 0.25) is 0 Å². The first-order valence-electron chi connectivity index (χ1n) is 3.68. The van der Waals surface area contributed by atoms with Gasteiger partial charge in [0.25, 0.3) is 0 Å². The molecule has 12 heavy (non-hydrogen) atoms. The zero-order valence-corrected chi connectivity index (χ0v) is 10.2. The lowest BCUT2D eigenvalue weighted by atomic mass is 10.4. The summed E-state index contributed by atoms with van der Waals surface area (Å²) >= 11 is 6.18. The highest BCUT2D eigenvalue weighted by atomic mass is 79.9. The second-order valence-electron chi connectivity index (χ2n) is 1.95. The number of alkyl halides is 2. The van der Waals surface area contributed by atoms with Crippen LogP contribution in [0, 0.1) is 0 Å². The molecule has 0 rings (SSSR count). The van der Waals surface area contributed by atoms with E-state index < -0.39 is 10.0 Å². The molecule has 0 saturated carbocycles. The SMILES string of the molecule is CCOC(Br)C(=O)C(Br)OCC. The minimum atomic E-state index is -0.585. The van der Waals surface area contributed by atoms with Crippen molar-refractivity contribution >= 4 is 37.6 Å². The number of rotatable bonds is 6. The molecule has 5 heteroatoms. The summed E-state index contributed by atoms with van der Waals surface area (Å²) in [6, 6.07) is 0. The van der Waals surface area contributed by atoms with E-state index in [0.29, 0.717) is 13.2 Å². The predicted molar refractivity (Wildman–Crippen MR) is 53.7 cm³/mol. The van der Waals surface area contributed by atoms with Crippen molar-refractivity contribution in [2.45, 2.75) is 23.9 Å². The van der Waals surface area contributed by atoms with E-state index in [-0.39, 0.29) is 5.78 Å². The highest BCUT2D eigenvalue weighted by Gasteiger charge is 2.22. The first-order valence-corrected chi connectivity index (χ1v) is 5.51. The number of halogens is 2. The van der Waals surface area contributed by atoms with Crippen molar-refractivity contribution < 1.29 is 14.3 Å². The van der Waals surface area contributed by atoms with Crippen LogP contribution in [0.5, 0.6) is 0 Å². The van der Waals surface area contributed by atoms with Gasteiger partial charge in [-0.2, -0.15) is 0 Å². The number of ether oxygens (including phenoxy) is 2. The van der Waals surface area contributed by atoms with Gasteiger partial charge in [-0.05, 0) is 45.7 Å². The molecule has 2 atom stereocenters. The van der Waals surface area contributed by atoms with Crippen molar-refractivity contribution in [1.29, 1.82) is 0 Å². The minimum Gasteiger partial charge on any atom is -0.359 e. The van der Waals surface area contributed by atoms with Gasteiger partial charge < -0.3 is 9.47 Å². The van der Waals surface area contributed by atoms with Gasteiger partial charge in [0.05, 0.1) is 0 Å². The summed E-state index contributed by atoms with van der Waals surface area (Å²) in [6.07, 6.45) is 0. The van der Waals surface area contributed by atoms with Gasteiger partial charge in [0.1, 0.15) is 0 Å². The molecule has 0 aliphatic heterocycles. The van der Waals surface area contributed by atoms with Crippen LogP contribution < -0.4 is 0 Å². The molecule has 0 aromatic rings. The first-order chi connectivity index (χ1) is 5.63. The van der Waals surface area contributed by atoms with E-state index >= 15 is 0 Å². The summed E-state index contributed by atoms with van der Waals surface area (Å²) in [5, 5.41) is -1.17. The van der Waals surface area contributed by atoms with E-state index in [9.17, 15) is 4.79 Å². The van der Waals surface area contributed by atoms with Crippen LogP contribution in [-0.4, -0.2) is 29.0 Å². The summed E-state index contributed by atoms with van der Waals surface area (Å²) < 4.78 is 10.1. The first kappa shape index (κ1) is 12.6. The maximum atomic E-state index is 11.3. The zero-order chi connectivity index (χ0) is 9.56. The molecular formula is C7H12Br2O3. The summed E-state index contributed by atoms with van der Waals surface area (Å²) in [7, 11) is 0. The van der Waals surface area contributed by atoms with Crippen LogP contribution in [0.4, 0.5) is 0 Å². The number of hydrogen-bond donors (Lipinski definition) is 0. The molecular weight excluding hydrogens is 292 g/mol. The van der Waals surface area contributed by atoms with Gasteiger partial charge in [-0.15, -0.1) is 0 Å². The van der Waals surface area contributed by atoms with Crippen LogP contribution in [0.3, 0.4) is 0 Å². The lowest BCUT2D eigenvalue weighted by Gasteiger charge is -2.13. The van der Waals surface area contributed by atoms with Gasteiger partial charge in [0.15, 0.2) is 10.0 Å². The molecule has 0 amide bonds. The Kier molecular flexibility index (Phi) is 7.32. The minimum absolute atomic E-state index is 0.154. The van der Waals surface area contributed by atoms with Crippen molar-refractivity contribution in [2.75, 3.05) is 13.2 Å². The largest absolute Gasteiger partial charge is 0.359 e. The molecule has 0 radical (unpaired) electrons. The Morgan fingerprint density at radius 3 is 1.75 bits per heavy atom. The van der Waals surface area contributed by atoms with E-state index in [1.54, 1.807) is 0 Å². The zero-order valence-electron chi connectivity index (χ0n) is 7.05. The number of hydrogen-bond acceptors (Lipinski definition) is 3. The second-order valence-corrected chi connectivity index (χ2v) is 3.61. The predicted octanol–water partition coefficient (Wildman–Crippen LogP) is 2.07. The van der Waals surface area contributed by atoms with E-state index in [0.717, 1.165) is 0 Å². The maximum Gasteiger partial charge on any atom is 0.211 e. The lowest BCUT2D eigenvalue weighted by molar-refractivity contribution is -0.131. The Hall–Kier alpha value is 0.550. The fourth-order valence-corrected chi connectivity index (χ4v) is 1.92. The van der Waals surface area contributed by atoms with Crippen molar-refractivity contribution in [3.05, 3.63) is 0 Å². The molecule has 0 saturated heterocycles. The molecule has 0 spiro atoms. The third-order valence-corrected chi connectivity index (χ3v) is 2.50. The van der Waals surface area contributed by atoms with Crippen LogP contribution in [-0.2, 0) is 14.3 Å². The lowest BCUT2D eigenvalue weighted by Crippen LogP contribution is -2.28. The molecule has 0 aromatic carbocycles. The standard InChI is InChI=1S/C7H12Br2O3/c1-3-11-6(8)5(10)7(9)12-4-2/h6-7H,3-4H2,1-2H3. The normalized spacial score (nSPS) is 15.7. The van der Waals surface area contributed by atoms with Crippen molar-refractivity contribution in [3.8, 4) is 0 Å². The highest BCUT2D eigenvalue weighted by Crippen LogP contribution is 2.12. The molecule has 72 valence electrons. The smallest absolute Gasteiger partial charge is 0.211 e. The van der Waals surface area contributed by atoms with Crippen LogP contribution in [0.1, 0.15) is 13.8 Å². The Labute approximate surface area is 89.1 Å². The fraction of sp³-hybridized carbons (Fsp3) is 0.857. The van der Waals surface area contributed by atoms with Crippen molar-refractivity contribution in [2.24, 2.45) is 0 Å². The van der Waals surface area contributed by atoms with E-state index in [1.165, 1.54) is 0 Å². The third-order valence-electron chi connectivity index (χ3n) is 1.07. The number of carbonyl (C=O) groups excluding carboxylic acids is 1. The Bertz CT molecular complexity index is 127. The van der Waals surface area contributed by atoms with Gasteiger partial charge in [-0.1, -0.05) is 0 Å². The molecule has 2 unspecified atom stereocenters. The van der Waals surface area contributed by atoms with Crippen LogP contribution >= 0.6 is 31.9 Å². The molecule has 0 heterocycles. The maximum absolute atomic E-state index is 11.3. The number of Topliss-reactive ketones (excluding diaryl/α,β-unsaturated/α-hetero) is 1. The van der Waals surface area contributed by atoms with Gasteiger partial charge in [0, 0.05) is 13.2 Å². The average molecular weight is 304 g/mol. The number of ketones is 1. The fourth-order valence-electron chi connectivity index (χ4n) is 0.560. The summed E-state index contributed by atoms with van der Waals surface area (Å²) in [4.78, 5) is 11.3. The third kappa shape index (κ3) is 4.54. The van der Waals surface area contributed by atoms with Gasteiger partial charge in [0.2, 0.25) is 5.78 Å². The summed E-state index contributed by atoms with van der Waals surface area (Å²) in [5.74, 6) is -0.154. The quantitative estimate of drug-likeness (QED) is 0.705. The van der Waals surface area contributed by atoms with Gasteiger partial charge in [-0.25, -0.2) is 0 Å². The summed E-state index contributed by atoms with van der Waals surface area (Å²) in [5.41, 5.74) is 0. The molecule has 0 N–H and O–H groups in total. The molecule has 0 fully saturated rings. The molecule has 0 aromatic heterocycles. The van der Waals surface area contributed by atoms with Crippen molar-refractivity contribution in [1.82, 2.24) is 0 Å². The van der Waals surface area contributed by atoms with E-state index in [2.05, 4.69) is 31.9 Å². The van der Waals surface area contributed by atoms with E-state index in [4.69, 9.17) is 9.47 Å². The van der Waals surface area contributed by atoms with Gasteiger partial charge in [-0.3, -0.25) is 4.79 Å². The molecule has 0 bridgehead atoms. The van der Waals surface area contributed by atoms with Crippen LogP contribution in [0.15, 0.2) is 0 Å². The van der Waals surface area contributed by atoms with Gasteiger partial charge >= 0.3 is 0 Å². The molecule has 3 nitrogen and oxygen atoms in total. The Morgan fingerprint density at radius 2 is 1.50 bits per heavy atom. The topological polar surface area (TPSA) is 35.5 Å². The Balaban J connectivity index is 3.82.